The number of rotatable bonds is 8. The van der Waals surface area contributed by atoms with E-state index in [0.29, 0.717) is 11.6 Å². The first-order valence-corrected chi connectivity index (χ1v) is 7.64. The molecule has 1 aromatic heterocycles. The van der Waals surface area contributed by atoms with Crippen LogP contribution in [0, 0.1) is 0 Å². The maximum Gasteiger partial charge on any atom is 0.257 e. The van der Waals surface area contributed by atoms with Crippen molar-refractivity contribution < 1.29 is 14.1 Å². The van der Waals surface area contributed by atoms with E-state index in [2.05, 4.69) is 27.7 Å². The number of amides is 1. The summed E-state index contributed by atoms with van der Waals surface area (Å²) in [7, 11) is 1.57. The van der Waals surface area contributed by atoms with Crippen LogP contribution < -0.4 is 15.4 Å². The molecule has 0 radical (unpaired) electrons. The molecule has 1 heterocycles. The Bertz CT molecular complexity index is 642. The molecule has 1 atom stereocenters. The summed E-state index contributed by atoms with van der Waals surface area (Å²) in [5, 5.41) is 9.74. The summed E-state index contributed by atoms with van der Waals surface area (Å²) in [5.74, 6) is 1.71. The van der Waals surface area contributed by atoms with Gasteiger partial charge in [0.05, 0.1) is 0 Å². The zero-order chi connectivity index (χ0) is 16.7. The lowest BCUT2D eigenvalue weighted by Gasteiger charge is -2.12. The molecule has 0 bridgehead atoms. The second kappa shape index (κ2) is 8.17. The highest BCUT2D eigenvalue weighted by molar-refractivity contribution is 5.77. The summed E-state index contributed by atoms with van der Waals surface area (Å²) in [6.07, 6.45) is 1.78. The van der Waals surface area contributed by atoms with Gasteiger partial charge in [0.25, 0.3) is 5.91 Å². The van der Waals surface area contributed by atoms with E-state index in [9.17, 15) is 4.79 Å². The average Bonchev–Trinajstić information content (AvgIpc) is 3.02. The molecule has 1 aromatic carbocycles. The molecule has 0 aliphatic heterocycles. The normalized spacial score (nSPS) is 11.8. The third kappa shape index (κ3) is 4.98. The van der Waals surface area contributed by atoms with Gasteiger partial charge in [-0.15, -0.1) is 0 Å². The van der Waals surface area contributed by atoms with Gasteiger partial charge >= 0.3 is 0 Å². The molecule has 0 saturated heterocycles. The van der Waals surface area contributed by atoms with Gasteiger partial charge in [-0.3, -0.25) is 4.79 Å². The van der Waals surface area contributed by atoms with Crippen molar-refractivity contribution in [3.63, 3.8) is 0 Å². The molecule has 124 valence electrons. The maximum atomic E-state index is 11.2. The van der Waals surface area contributed by atoms with Crippen LogP contribution in [0.15, 0.2) is 28.8 Å². The van der Waals surface area contributed by atoms with Crippen molar-refractivity contribution in [2.24, 2.45) is 0 Å². The highest BCUT2D eigenvalue weighted by Gasteiger charge is 2.14. The van der Waals surface area contributed by atoms with Gasteiger partial charge in [-0.2, -0.15) is 4.98 Å². The minimum Gasteiger partial charge on any atom is -0.484 e. The van der Waals surface area contributed by atoms with E-state index in [1.54, 1.807) is 13.1 Å². The van der Waals surface area contributed by atoms with Crippen LogP contribution in [-0.4, -0.2) is 29.7 Å². The van der Waals surface area contributed by atoms with Gasteiger partial charge < -0.3 is 19.9 Å². The fourth-order valence-electron chi connectivity index (χ4n) is 1.98. The molecule has 0 aliphatic rings. The van der Waals surface area contributed by atoms with Crippen LogP contribution in [0.3, 0.4) is 0 Å². The van der Waals surface area contributed by atoms with Gasteiger partial charge in [-0.1, -0.05) is 18.1 Å². The van der Waals surface area contributed by atoms with E-state index in [0.717, 1.165) is 24.4 Å². The van der Waals surface area contributed by atoms with Gasteiger partial charge in [0, 0.05) is 25.2 Å². The number of aryl methyl sites for hydroxylation is 1. The van der Waals surface area contributed by atoms with Crippen LogP contribution in [0.4, 0.5) is 5.69 Å². The smallest absolute Gasteiger partial charge is 0.257 e. The van der Waals surface area contributed by atoms with Gasteiger partial charge in [-0.05, 0) is 25.5 Å². The monoisotopic (exact) mass is 318 g/mol. The highest BCUT2D eigenvalue weighted by Crippen LogP contribution is 2.22. The van der Waals surface area contributed by atoms with E-state index in [1.807, 2.05) is 25.1 Å². The fraction of sp³-hybridized carbons (Fsp3) is 0.438. The Balaban J connectivity index is 1.97. The Morgan fingerprint density at radius 2 is 2.26 bits per heavy atom. The molecule has 2 N–H and O–H groups in total. The molecule has 0 saturated carbocycles. The summed E-state index contributed by atoms with van der Waals surface area (Å²) in [6, 6.07) is 7.26. The predicted molar refractivity (Wildman–Crippen MR) is 86.3 cm³/mol. The topological polar surface area (TPSA) is 89.3 Å². The third-order valence-corrected chi connectivity index (χ3v) is 3.19. The van der Waals surface area contributed by atoms with E-state index in [-0.39, 0.29) is 18.6 Å². The molecule has 0 aliphatic carbocycles. The number of anilines is 1. The van der Waals surface area contributed by atoms with Gasteiger partial charge in [-0.25, -0.2) is 0 Å². The van der Waals surface area contributed by atoms with Gasteiger partial charge in [0.1, 0.15) is 11.8 Å². The minimum absolute atomic E-state index is 0.0143. The Kier molecular flexibility index (Phi) is 5.96. The number of aromatic nitrogens is 2. The van der Waals surface area contributed by atoms with Crippen LogP contribution in [0.25, 0.3) is 0 Å². The van der Waals surface area contributed by atoms with Crippen molar-refractivity contribution in [1.82, 2.24) is 15.5 Å². The van der Waals surface area contributed by atoms with Crippen LogP contribution in [0.1, 0.15) is 38.0 Å². The zero-order valence-corrected chi connectivity index (χ0v) is 13.6. The number of hydrogen-bond donors (Lipinski definition) is 2. The lowest BCUT2D eigenvalue weighted by atomic mass is 10.2. The van der Waals surface area contributed by atoms with E-state index < -0.39 is 0 Å². The maximum absolute atomic E-state index is 11.2. The van der Waals surface area contributed by atoms with Crippen molar-refractivity contribution in [3.05, 3.63) is 36.0 Å². The average molecular weight is 318 g/mol. The molecule has 2 aromatic rings. The van der Waals surface area contributed by atoms with Crippen LogP contribution in [0.2, 0.25) is 0 Å². The second-order valence-electron chi connectivity index (χ2n) is 5.15. The largest absolute Gasteiger partial charge is 0.484 e. The summed E-state index contributed by atoms with van der Waals surface area (Å²) >= 11 is 0. The van der Waals surface area contributed by atoms with Crippen LogP contribution in [-0.2, 0) is 11.2 Å². The molecule has 7 nitrogen and oxygen atoms in total. The molecule has 7 heteroatoms. The Hall–Kier alpha value is -2.57. The van der Waals surface area contributed by atoms with E-state index >= 15 is 0 Å². The number of nitrogens with one attached hydrogen (secondary N) is 2. The summed E-state index contributed by atoms with van der Waals surface area (Å²) in [5.41, 5.74) is 0.849. The van der Waals surface area contributed by atoms with Crippen LogP contribution >= 0.6 is 0 Å². The first kappa shape index (κ1) is 16.8. The quantitative estimate of drug-likeness (QED) is 0.776. The van der Waals surface area contributed by atoms with Crippen molar-refractivity contribution in [3.8, 4) is 5.75 Å². The molecule has 1 amide bonds. The molecule has 0 spiro atoms. The summed E-state index contributed by atoms with van der Waals surface area (Å²) in [4.78, 5) is 15.6. The Labute approximate surface area is 135 Å². The van der Waals surface area contributed by atoms with Crippen molar-refractivity contribution in [2.75, 3.05) is 19.0 Å². The standard InChI is InChI=1S/C16H22N4O3/c1-4-6-14-19-16(23-20-14)11(2)18-12-7-5-8-13(9-12)22-10-15(21)17-3/h5,7-9,11,18H,4,6,10H2,1-3H3,(H,17,21)/t11-/m0/s1. The molecule has 0 fully saturated rings. The van der Waals surface area contributed by atoms with Gasteiger partial charge in [0.2, 0.25) is 5.89 Å². The van der Waals surface area contributed by atoms with Crippen LogP contribution in [0.5, 0.6) is 5.75 Å². The molecule has 0 unspecified atom stereocenters. The first-order valence-electron chi connectivity index (χ1n) is 7.64. The molecule has 2 rings (SSSR count). The first-order chi connectivity index (χ1) is 11.1. The number of carbonyl (C=O) groups is 1. The predicted octanol–water partition coefficient (Wildman–Crippen LogP) is 2.32. The number of nitrogens with zero attached hydrogens (tertiary/aromatic N) is 2. The minimum atomic E-state index is -0.175. The number of benzene rings is 1. The lowest BCUT2D eigenvalue weighted by molar-refractivity contribution is -0.122. The number of hydrogen-bond acceptors (Lipinski definition) is 6. The van der Waals surface area contributed by atoms with E-state index in [1.165, 1.54) is 0 Å². The van der Waals surface area contributed by atoms with Crippen molar-refractivity contribution >= 4 is 11.6 Å². The zero-order valence-electron chi connectivity index (χ0n) is 13.6. The molecular formula is C16H22N4O3. The van der Waals surface area contributed by atoms with E-state index in [4.69, 9.17) is 9.26 Å². The second-order valence-corrected chi connectivity index (χ2v) is 5.15. The number of likely N-dealkylation sites (N-methyl/N-ethyl adjacent to an activating group) is 1. The van der Waals surface area contributed by atoms with Gasteiger partial charge in [0.15, 0.2) is 12.4 Å². The molecule has 23 heavy (non-hydrogen) atoms. The highest BCUT2D eigenvalue weighted by atomic mass is 16.5. The van der Waals surface area contributed by atoms with Crippen molar-refractivity contribution in [1.29, 1.82) is 0 Å². The Morgan fingerprint density at radius 3 is 3.00 bits per heavy atom. The summed E-state index contributed by atoms with van der Waals surface area (Å²) in [6.45, 7) is 4.00. The SMILES string of the molecule is CCCc1noc([C@H](C)Nc2cccc(OCC(=O)NC)c2)n1. The number of carbonyl (C=O) groups excluding carboxylic acids is 1. The molecular weight excluding hydrogens is 296 g/mol. The lowest BCUT2D eigenvalue weighted by Crippen LogP contribution is -2.24. The third-order valence-electron chi connectivity index (χ3n) is 3.19. The number of ether oxygens (including phenoxy) is 1. The Morgan fingerprint density at radius 1 is 1.43 bits per heavy atom. The van der Waals surface area contributed by atoms with Crippen molar-refractivity contribution in [2.45, 2.75) is 32.7 Å². The summed E-state index contributed by atoms with van der Waals surface area (Å²) < 4.78 is 10.7. The fourth-order valence-corrected chi connectivity index (χ4v) is 1.98.